The molecule has 0 fully saturated rings. The molecule has 1 aliphatic rings. The van der Waals surface area contributed by atoms with E-state index >= 15 is 0 Å². The highest BCUT2D eigenvalue weighted by atomic mass is 19.4. The third-order valence-electron chi connectivity index (χ3n) is 3.36. The van der Waals surface area contributed by atoms with E-state index in [4.69, 9.17) is 0 Å². The molecule has 24 heavy (non-hydrogen) atoms. The second-order valence-electron chi connectivity index (χ2n) is 5.47. The van der Waals surface area contributed by atoms with Crippen LogP contribution in [-0.4, -0.2) is 55.4 Å². The average molecular weight is 344 g/mol. The van der Waals surface area contributed by atoms with Gasteiger partial charge in [-0.3, -0.25) is 0 Å². The number of likely N-dealkylation sites (N-methyl/N-ethyl adjacent to an activating group) is 1. The van der Waals surface area contributed by atoms with Gasteiger partial charge in [-0.15, -0.1) is 0 Å². The van der Waals surface area contributed by atoms with Gasteiger partial charge in [-0.25, -0.2) is 9.78 Å². The number of halogens is 3. The van der Waals surface area contributed by atoms with E-state index in [-0.39, 0.29) is 5.88 Å². The summed E-state index contributed by atoms with van der Waals surface area (Å²) in [7, 11) is 2.03. The van der Waals surface area contributed by atoms with E-state index in [9.17, 15) is 18.0 Å². The van der Waals surface area contributed by atoms with Crippen LogP contribution >= 0.6 is 0 Å². The van der Waals surface area contributed by atoms with Crippen LogP contribution in [0.15, 0.2) is 30.0 Å². The summed E-state index contributed by atoms with van der Waals surface area (Å²) < 4.78 is 40.6. The molecule has 1 aliphatic heterocycles. The molecule has 2 rings (SSSR count). The summed E-state index contributed by atoms with van der Waals surface area (Å²) in [5.41, 5.74) is 1.53. The molecule has 0 bridgehead atoms. The summed E-state index contributed by atoms with van der Waals surface area (Å²) in [6, 6.07) is 2.29. The number of nitrogens with zero attached hydrogens (tertiary/aromatic N) is 2. The number of carbonyl (C=O) groups is 1. The van der Waals surface area contributed by atoms with Crippen molar-refractivity contribution < 1.29 is 22.7 Å². The number of carbonyl (C=O) groups excluding carboxylic acids is 1. The van der Waals surface area contributed by atoms with Crippen molar-refractivity contribution in [3.05, 3.63) is 30.0 Å². The molecule has 2 N–H and O–H groups in total. The smallest absolute Gasteiger partial charge is 0.422 e. The monoisotopic (exact) mass is 344 g/mol. The highest BCUT2D eigenvalue weighted by Crippen LogP contribution is 2.18. The molecule has 2 amide bonds. The van der Waals surface area contributed by atoms with Gasteiger partial charge in [0, 0.05) is 25.7 Å². The van der Waals surface area contributed by atoms with Gasteiger partial charge in [0.25, 0.3) is 0 Å². The Labute approximate surface area is 137 Å². The topological polar surface area (TPSA) is 66.5 Å². The number of hydrogen-bond donors (Lipinski definition) is 2. The van der Waals surface area contributed by atoms with E-state index in [1.165, 1.54) is 18.3 Å². The highest BCUT2D eigenvalue weighted by molar-refractivity contribution is 5.89. The Morgan fingerprint density at radius 2 is 2.21 bits per heavy atom. The lowest BCUT2D eigenvalue weighted by Gasteiger charge is -2.22. The predicted octanol–water partition coefficient (Wildman–Crippen LogP) is 2.41. The number of rotatable bonds is 5. The molecule has 1 aromatic rings. The summed E-state index contributed by atoms with van der Waals surface area (Å²) in [4.78, 5) is 17.7. The molecule has 0 saturated carbocycles. The molecule has 0 aliphatic carbocycles. The van der Waals surface area contributed by atoms with Crippen LogP contribution in [0.2, 0.25) is 0 Å². The van der Waals surface area contributed by atoms with Crippen LogP contribution in [0.4, 0.5) is 23.7 Å². The third kappa shape index (κ3) is 6.45. The zero-order valence-electron chi connectivity index (χ0n) is 13.2. The molecule has 0 spiro atoms. The maximum Gasteiger partial charge on any atom is 0.422 e. The van der Waals surface area contributed by atoms with E-state index in [1.54, 1.807) is 0 Å². The van der Waals surface area contributed by atoms with Gasteiger partial charge in [0.1, 0.15) is 0 Å². The minimum atomic E-state index is -4.42. The van der Waals surface area contributed by atoms with E-state index in [0.717, 1.165) is 25.1 Å². The zero-order chi connectivity index (χ0) is 17.6. The fraction of sp³-hybridized carbons (Fsp3) is 0.467. The lowest BCUT2D eigenvalue weighted by molar-refractivity contribution is -0.154. The first-order chi connectivity index (χ1) is 11.3. The first kappa shape index (κ1) is 18.1. The van der Waals surface area contributed by atoms with E-state index < -0.39 is 18.8 Å². The zero-order valence-corrected chi connectivity index (χ0v) is 13.2. The Bertz CT molecular complexity index is 587. The molecule has 0 aromatic carbocycles. The second kappa shape index (κ2) is 8.00. The number of hydrogen-bond acceptors (Lipinski definition) is 4. The van der Waals surface area contributed by atoms with Crippen LogP contribution in [0.3, 0.4) is 0 Å². The summed E-state index contributed by atoms with van der Waals surface area (Å²) in [5, 5.41) is 5.29. The maximum absolute atomic E-state index is 12.0. The van der Waals surface area contributed by atoms with E-state index in [0.29, 0.717) is 12.2 Å². The third-order valence-corrected chi connectivity index (χ3v) is 3.36. The van der Waals surface area contributed by atoms with Gasteiger partial charge < -0.3 is 20.3 Å². The van der Waals surface area contributed by atoms with Crippen molar-refractivity contribution in [3.8, 4) is 5.88 Å². The van der Waals surface area contributed by atoms with E-state index in [1.807, 2.05) is 7.05 Å². The molecular formula is C15H19F3N4O2. The van der Waals surface area contributed by atoms with Gasteiger partial charge in [0.2, 0.25) is 5.88 Å². The minimum absolute atomic E-state index is 0.158. The van der Waals surface area contributed by atoms with Crippen LogP contribution in [0.5, 0.6) is 5.88 Å². The van der Waals surface area contributed by atoms with Crippen molar-refractivity contribution >= 4 is 11.7 Å². The first-order valence-electron chi connectivity index (χ1n) is 7.39. The summed E-state index contributed by atoms with van der Waals surface area (Å²) in [5.74, 6) is -0.158. The Morgan fingerprint density at radius 3 is 2.79 bits per heavy atom. The fourth-order valence-corrected chi connectivity index (χ4v) is 2.04. The molecule has 0 atom stereocenters. The molecule has 0 radical (unpaired) electrons. The van der Waals surface area contributed by atoms with Gasteiger partial charge in [-0.05, 0) is 19.5 Å². The molecule has 132 valence electrons. The number of ether oxygens (including phenoxy) is 1. The lowest BCUT2D eigenvalue weighted by Crippen LogP contribution is -2.33. The van der Waals surface area contributed by atoms with Crippen molar-refractivity contribution in [1.29, 1.82) is 0 Å². The minimum Gasteiger partial charge on any atom is -0.468 e. The van der Waals surface area contributed by atoms with E-state index in [2.05, 4.69) is 31.3 Å². The van der Waals surface area contributed by atoms with Gasteiger partial charge in [0.05, 0.1) is 11.9 Å². The molecule has 0 saturated heterocycles. The Morgan fingerprint density at radius 1 is 1.42 bits per heavy atom. The largest absolute Gasteiger partial charge is 0.468 e. The Balaban J connectivity index is 1.75. The molecule has 6 nitrogen and oxygen atoms in total. The van der Waals surface area contributed by atoms with Crippen molar-refractivity contribution in [2.24, 2.45) is 0 Å². The number of urea groups is 1. The number of alkyl halides is 3. The van der Waals surface area contributed by atoms with Gasteiger partial charge >= 0.3 is 12.2 Å². The molecule has 0 unspecified atom stereocenters. The van der Waals surface area contributed by atoms with Crippen LogP contribution in [0.25, 0.3) is 0 Å². The van der Waals surface area contributed by atoms with Crippen molar-refractivity contribution in [2.75, 3.05) is 38.6 Å². The van der Waals surface area contributed by atoms with Crippen LogP contribution < -0.4 is 15.4 Å². The van der Waals surface area contributed by atoms with Crippen LogP contribution in [0, 0.1) is 0 Å². The number of nitrogens with one attached hydrogen (secondary N) is 2. The van der Waals surface area contributed by atoms with Crippen LogP contribution in [-0.2, 0) is 0 Å². The molecular weight excluding hydrogens is 325 g/mol. The van der Waals surface area contributed by atoms with Gasteiger partial charge in [0.15, 0.2) is 6.61 Å². The molecule has 1 aromatic heterocycles. The lowest BCUT2D eigenvalue weighted by atomic mass is 10.1. The molecule has 2 heterocycles. The fourth-order valence-electron chi connectivity index (χ4n) is 2.04. The second-order valence-corrected chi connectivity index (χ2v) is 5.47. The van der Waals surface area contributed by atoms with Crippen molar-refractivity contribution in [3.63, 3.8) is 0 Å². The normalized spacial score (nSPS) is 15.6. The predicted molar refractivity (Wildman–Crippen MR) is 83.0 cm³/mol. The Kier molecular flexibility index (Phi) is 6.02. The van der Waals surface area contributed by atoms with Crippen molar-refractivity contribution in [1.82, 2.24) is 15.2 Å². The Hall–Kier alpha value is -2.29. The maximum atomic E-state index is 12.0. The summed E-state index contributed by atoms with van der Waals surface area (Å²) >= 11 is 0. The summed E-state index contributed by atoms with van der Waals surface area (Å²) in [6.07, 6.45) is -0.192. The summed E-state index contributed by atoms with van der Waals surface area (Å²) in [6.45, 7) is 0.873. The van der Waals surface area contributed by atoms with Crippen molar-refractivity contribution in [2.45, 2.75) is 12.6 Å². The highest BCUT2D eigenvalue weighted by Gasteiger charge is 2.28. The number of pyridine rings is 1. The van der Waals surface area contributed by atoms with Crippen LogP contribution in [0.1, 0.15) is 6.42 Å². The first-order valence-corrected chi connectivity index (χ1v) is 7.39. The molecule has 9 heteroatoms. The quantitative estimate of drug-likeness (QED) is 0.805. The number of amides is 2. The number of anilines is 1. The standard InChI is InChI=1S/C15H19F3N4O2/c1-22-6-4-11(5-7-22)8-20-14(23)21-12-2-3-13(19-9-12)24-10-15(16,17)18/h2-4,9H,5-8,10H2,1H3,(H2,20,21,23). The SMILES string of the molecule is CN1CC=C(CNC(=O)Nc2ccc(OCC(F)(F)F)nc2)CC1. The van der Waals surface area contributed by atoms with Gasteiger partial charge in [-0.1, -0.05) is 11.6 Å². The van der Waals surface area contributed by atoms with Gasteiger partial charge in [-0.2, -0.15) is 13.2 Å². The average Bonchev–Trinajstić information content (AvgIpc) is 2.53. The number of aromatic nitrogens is 1.